The monoisotopic (exact) mass is 449 g/mol. The molecule has 2 rings (SSSR count). The molecule has 10 heteroatoms. The molecule has 0 saturated carbocycles. The van der Waals surface area contributed by atoms with Crippen LogP contribution in [-0.2, 0) is 9.59 Å². The highest BCUT2D eigenvalue weighted by molar-refractivity contribution is 7.80. The molecule has 0 unspecified atom stereocenters. The van der Waals surface area contributed by atoms with Crippen LogP contribution >= 0.6 is 23.8 Å². The van der Waals surface area contributed by atoms with Gasteiger partial charge in [-0.2, -0.15) is 0 Å². The van der Waals surface area contributed by atoms with Crippen LogP contribution in [0.3, 0.4) is 0 Å². The van der Waals surface area contributed by atoms with E-state index in [9.17, 15) is 9.59 Å². The van der Waals surface area contributed by atoms with E-state index in [4.69, 9.17) is 38.0 Å². The van der Waals surface area contributed by atoms with Gasteiger partial charge in [0.1, 0.15) is 5.75 Å². The van der Waals surface area contributed by atoms with Gasteiger partial charge in [-0.3, -0.25) is 25.8 Å². The van der Waals surface area contributed by atoms with Crippen molar-refractivity contribution in [2.45, 2.75) is 0 Å². The molecule has 8 nitrogen and oxygen atoms in total. The van der Waals surface area contributed by atoms with Crippen LogP contribution in [0, 0.1) is 0 Å². The van der Waals surface area contributed by atoms with Crippen LogP contribution in [0.4, 0.5) is 0 Å². The number of hydrogen-bond acceptors (Lipinski definition) is 6. The number of rotatable bonds is 7. The van der Waals surface area contributed by atoms with E-state index in [-0.39, 0.29) is 11.7 Å². The summed E-state index contributed by atoms with van der Waals surface area (Å²) in [5.74, 6) is 0.656. The highest BCUT2D eigenvalue weighted by Gasteiger charge is 2.06. The zero-order valence-electron chi connectivity index (χ0n) is 16.2. The third-order valence-electron chi connectivity index (χ3n) is 3.57. The third-order valence-corrected chi connectivity index (χ3v) is 4.03. The molecule has 0 aliphatic heterocycles. The van der Waals surface area contributed by atoms with Gasteiger partial charge in [0.25, 0.3) is 5.91 Å². The Kier molecular flexibility index (Phi) is 8.92. The summed E-state index contributed by atoms with van der Waals surface area (Å²) in [6.45, 7) is -0.246. The minimum absolute atomic E-state index is 0.0724. The van der Waals surface area contributed by atoms with Crippen LogP contribution in [-0.4, -0.2) is 37.8 Å². The number of carbonyl (C=O) groups is 2. The van der Waals surface area contributed by atoms with Gasteiger partial charge in [0.2, 0.25) is 5.91 Å². The first-order valence-corrected chi connectivity index (χ1v) is 9.38. The van der Waals surface area contributed by atoms with Gasteiger partial charge in [0.05, 0.1) is 14.2 Å². The fourth-order valence-electron chi connectivity index (χ4n) is 2.16. The highest BCUT2D eigenvalue weighted by atomic mass is 35.5. The number of methoxy groups -OCH3 is 2. The van der Waals surface area contributed by atoms with E-state index >= 15 is 0 Å². The second kappa shape index (κ2) is 11.6. The smallest absolute Gasteiger partial charge is 0.276 e. The van der Waals surface area contributed by atoms with Crippen LogP contribution in [0.15, 0.2) is 48.5 Å². The highest BCUT2D eigenvalue weighted by Crippen LogP contribution is 2.27. The Morgan fingerprint density at radius 3 is 2.40 bits per heavy atom. The number of benzene rings is 2. The molecule has 158 valence electrons. The zero-order chi connectivity index (χ0) is 21.9. The van der Waals surface area contributed by atoms with Crippen molar-refractivity contribution in [2.75, 3.05) is 20.8 Å². The Morgan fingerprint density at radius 2 is 1.73 bits per heavy atom. The summed E-state index contributed by atoms with van der Waals surface area (Å²) < 4.78 is 15.7. The average Bonchev–Trinajstić information content (AvgIpc) is 2.75. The minimum Gasteiger partial charge on any atom is -0.493 e. The fourth-order valence-corrected chi connectivity index (χ4v) is 2.43. The molecule has 0 aliphatic carbocycles. The molecule has 0 bridgehead atoms. The lowest BCUT2D eigenvalue weighted by molar-refractivity contribution is -0.123. The number of hydrazine groups is 1. The third kappa shape index (κ3) is 7.61. The summed E-state index contributed by atoms with van der Waals surface area (Å²) in [6, 6.07) is 11.8. The molecule has 2 aromatic carbocycles. The first kappa shape index (κ1) is 23.0. The van der Waals surface area contributed by atoms with Crippen LogP contribution in [0.5, 0.6) is 17.2 Å². The number of halogens is 1. The lowest BCUT2D eigenvalue weighted by Gasteiger charge is -2.10. The molecule has 0 radical (unpaired) electrons. The van der Waals surface area contributed by atoms with Crippen molar-refractivity contribution in [2.24, 2.45) is 0 Å². The van der Waals surface area contributed by atoms with Crippen LogP contribution < -0.4 is 30.4 Å². The van der Waals surface area contributed by atoms with Crippen LogP contribution in [0.1, 0.15) is 5.56 Å². The summed E-state index contributed by atoms with van der Waals surface area (Å²) in [6.07, 6.45) is 2.87. The van der Waals surface area contributed by atoms with E-state index in [2.05, 4.69) is 16.2 Å². The molecule has 2 amide bonds. The summed E-state index contributed by atoms with van der Waals surface area (Å²) in [5, 5.41) is 2.90. The number of nitrogens with one attached hydrogen (secondary N) is 3. The lowest BCUT2D eigenvalue weighted by Crippen LogP contribution is -2.49. The lowest BCUT2D eigenvalue weighted by atomic mass is 10.2. The van der Waals surface area contributed by atoms with Gasteiger partial charge in [0, 0.05) is 11.1 Å². The second-order valence-electron chi connectivity index (χ2n) is 5.68. The topological polar surface area (TPSA) is 97.9 Å². The number of ether oxygens (including phenoxy) is 3. The first-order chi connectivity index (χ1) is 14.4. The minimum atomic E-state index is -0.484. The predicted molar refractivity (Wildman–Crippen MR) is 118 cm³/mol. The molecule has 0 spiro atoms. The number of hydrogen-bond donors (Lipinski definition) is 3. The summed E-state index contributed by atoms with van der Waals surface area (Å²) in [4.78, 5) is 23.7. The van der Waals surface area contributed by atoms with Crippen molar-refractivity contribution >= 4 is 46.8 Å². The molecule has 30 heavy (non-hydrogen) atoms. The summed E-state index contributed by atoms with van der Waals surface area (Å²) in [5.41, 5.74) is 5.47. The largest absolute Gasteiger partial charge is 0.493 e. The molecule has 0 atom stereocenters. The van der Waals surface area contributed by atoms with Crippen molar-refractivity contribution < 1.29 is 23.8 Å². The maximum Gasteiger partial charge on any atom is 0.276 e. The molecular formula is C20H20ClN3O5S. The molecule has 0 aliphatic rings. The Hall–Kier alpha value is -3.30. The molecule has 0 saturated heterocycles. The fraction of sp³-hybridized carbons (Fsp3) is 0.150. The quantitative estimate of drug-likeness (QED) is 0.339. The molecule has 0 aromatic heterocycles. The predicted octanol–water partition coefficient (Wildman–Crippen LogP) is 2.47. The maximum atomic E-state index is 12.0. The van der Waals surface area contributed by atoms with Crippen molar-refractivity contribution in [3.05, 3.63) is 59.1 Å². The van der Waals surface area contributed by atoms with E-state index in [1.54, 1.807) is 48.5 Å². The molecular weight excluding hydrogens is 430 g/mol. The van der Waals surface area contributed by atoms with Crippen molar-refractivity contribution in [3.8, 4) is 17.2 Å². The maximum absolute atomic E-state index is 12.0. The van der Waals surface area contributed by atoms with Crippen molar-refractivity contribution in [3.63, 3.8) is 0 Å². The Labute approximate surface area is 184 Å². The van der Waals surface area contributed by atoms with Gasteiger partial charge in [-0.15, -0.1) is 0 Å². The second-order valence-corrected chi connectivity index (χ2v) is 6.53. The Morgan fingerprint density at radius 1 is 1.03 bits per heavy atom. The van der Waals surface area contributed by atoms with E-state index in [1.807, 2.05) is 0 Å². The molecule has 2 aromatic rings. The van der Waals surface area contributed by atoms with Gasteiger partial charge in [-0.1, -0.05) is 17.7 Å². The van der Waals surface area contributed by atoms with E-state index in [0.29, 0.717) is 22.3 Å². The van der Waals surface area contributed by atoms with Crippen molar-refractivity contribution in [1.82, 2.24) is 16.2 Å². The van der Waals surface area contributed by atoms with Crippen molar-refractivity contribution in [1.29, 1.82) is 0 Å². The molecule has 0 fully saturated rings. The van der Waals surface area contributed by atoms with Gasteiger partial charge < -0.3 is 14.2 Å². The average molecular weight is 450 g/mol. The Balaban J connectivity index is 1.74. The van der Waals surface area contributed by atoms with Gasteiger partial charge in [0.15, 0.2) is 23.2 Å². The first-order valence-electron chi connectivity index (χ1n) is 8.59. The number of thiocarbonyl (C=S) groups is 1. The SMILES string of the molecule is COc1ccc(/C=C/C(=O)NC(=S)NNC(=O)COc2ccc(Cl)cc2)cc1OC. The van der Waals surface area contributed by atoms with Gasteiger partial charge >= 0.3 is 0 Å². The number of amides is 2. The van der Waals surface area contributed by atoms with E-state index < -0.39 is 11.8 Å². The molecule has 0 heterocycles. The zero-order valence-corrected chi connectivity index (χ0v) is 17.8. The van der Waals surface area contributed by atoms with Crippen LogP contribution in [0.2, 0.25) is 5.02 Å². The van der Waals surface area contributed by atoms with E-state index in [0.717, 1.165) is 5.56 Å². The normalized spacial score (nSPS) is 10.2. The van der Waals surface area contributed by atoms with Gasteiger partial charge in [-0.05, 0) is 60.3 Å². The number of carbonyl (C=O) groups excluding carboxylic acids is 2. The standard InChI is InChI=1S/C20H20ClN3O5S/c1-27-16-9-3-13(11-17(16)28-2)4-10-18(25)22-20(30)24-23-19(26)12-29-15-7-5-14(21)6-8-15/h3-11H,12H2,1-2H3,(H,23,26)(H2,22,24,25,30)/b10-4+. The van der Waals surface area contributed by atoms with E-state index in [1.165, 1.54) is 20.3 Å². The summed E-state index contributed by atoms with van der Waals surface area (Å²) >= 11 is 10.7. The molecule has 3 N–H and O–H groups in total. The van der Waals surface area contributed by atoms with Gasteiger partial charge in [-0.25, -0.2) is 0 Å². The van der Waals surface area contributed by atoms with Crippen LogP contribution in [0.25, 0.3) is 6.08 Å². The Bertz CT molecular complexity index is 935. The summed E-state index contributed by atoms with van der Waals surface area (Å²) in [7, 11) is 3.06.